The molecular weight excluding hydrogens is 292 g/mol. The summed E-state index contributed by atoms with van der Waals surface area (Å²) in [7, 11) is 1.33. The average molecular weight is 306 g/mol. The molecule has 1 N–H and O–H groups in total. The van der Waals surface area contributed by atoms with Crippen LogP contribution >= 0.6 is 11.3 Å². The van der Waals surface area contributed by atoms with Crippen molar-refractivity contribution in [1.29, 1.82) is 0 Å². The van der Waals surface area contributed by atoms with Crippen LogP contribution < -0.4 is 5.32 Å². The van der Waals surface area contributed by atoms with Gasteiger partial charge in [-0.2, -0.15) is 0 Å². The molecule has 6 nitrogen and oxygen atoms in total. The van der Waals surface area contributed by atoms with E-state index in [1.165, 1.54) is 13.2 Å². The first-order chi connectivity index (χ1) is 10.1. The molecule has 0 amide bonds. The smallest absolute Gasteiger partial charge is 0.327 e. The summed E-state index contributed by atoms with van der Waals surface area (Å²) in [6.45, 7) is 0.346. The highest BCUT2D eigenvalue weighted by Gasteiger charge is 2.21. The molecule has 0 bridgehead atoms. The van der Waals surface area contributed by atoms with Crippen molar-refractivity contribution in [3.05, 3.63) is 63.0 Å². The molecule has 7 heteroatoms. The quantitative estimate of drug-likeness (QED) is 0.504. The molecule has 110 valence electrons. The van der Waals surface area contributed by atoms with Crippen LogP contribution in [-0.4, -0.2) is 18.0 Å². The monoisotopic (exact) mass is 306 g/mol. The molecule has 1 aromatic heterocycles. The van der Waals surface area contributed by atoms with E-state index in [2.05, 4.69) is 5.32 Å². The van der Waals surface area contributed by atoms with Crippen LogP contribution in [0, 0.1) is 10.1 Å². The largest absolute Gasteiger partial charge is 0.468 e. The molecule has 0 radical (unpaired) electrons. The molecule has 1 heterocycles. The number of carbonyl (C=O) groups is 1. The van der Waals surface area contributed by atoms with Gasteiger partial charge in [-0.1, -0.05) is 41.7 Å². The summed E-state index contributed by atoms with van der Waals surface area (Å²) >= 11 is 1.06. The Hall–Kier alpha value is -2.25. The molecule has 0 aliphatic heterocycles. The Bertz CT molecular complexity index is 627. The Labute approximate surface area is 125 Å². The first kappa shape index (κ1) is 15.1. The van der Waals surface area contributed by atoms with Crippen molar-refractivity contribution in [2.24, 2.45) is 0 Å². The summed E-state index contributed by atoms with van der Waals surface area (Å²) in [5.41, 5.74) is 1.55. The molecule has 0 aliphatic carbocycles. The molecule has 1 atom stereocenters. The number of carbonyl (C=O) groups excluding carboxylic acids is 1. The van der Waals surface area contributed by atoms with Crippen LogP contribution in [0.4, 0.5) is 5.00 Å². The van der Waals surface area contributed by atoms with E-state index < -0.39 is 16.9 Å². The van der Waals surface area contributed by atoms with Gasteiger partial charge in [-0.05, 0) is 11.1 Å². The van der Waals surface area contributed by atoms with Crippen LogP contribution in [0.1, 0.15) is 17.2 Å². The van der Waals surface area contributed by atoms with Crippen molar-refractivity contribution in [2.45, 2.75) is 12.6 Å². The fraction of sp³-hybridized carbons (Fsp3) is 0.214. The van der Waals surface area contributed by atoms with Crippen LogP contribution in [0.5, 0.6) is 0 Å². The number of hydrogen-bond acceptors (Lipinski definition) is 6. The summed E-state index contributed by atoms with van der Waals surface area (Å²) in [5.74, 6) is -0.397. The van der Waals surface area contributed by atoms with E-state index in [0.717, 1.165) is 22.5 Å². The zero-order valence-corrected chi connectivity index (χ0v) is 12.1. The zero-order valence-electron chi connectivity index (χ0n) is 11.3. The van der Waals surface area contributed by atoms with Crippen molar-refractivity contribution >= 4 is 22.3 Å². The fourth-order valence-corrected chi connectivity index (χ4v) is 2.60. The van der Waals surface area contributed by atoms with Gasteiger partial charge in [0.1, 0.15) is 6.04 Å². The number of nitro groups is 1. The van der Waals surface area contributed by atoms with Gasteiger partial charge >= 0.3 is 11.0 Å². The number of methoxy groups -OCH3 is 1. The second-order valence-corrected chi connectivity index (χ2v) is 5.19. The Morgan fingerprint density at radius 2 is 2.14 bits per heavy atom. The van der Waals surface area contributed by atoms with Gasteiger partial charge in [-0.25, -0.2) is 4.79 Å². The summed E-state index contributed by atoms with van der Waals surface area (Å²) < 4.78 is 4.79. The number of ether oxygens (including phenoxy) is 1. The first-order valence-corrected chi connectivity index (χ1v) is 7.07. The maximum absolute atomic E-state index is 11.9. The number of nitrogens with zero attached hydrogens (tertiary/aromatic N) is 1. The Morgan fingerprint density at radius 1 is 1.43 bits per heavy atom. The summed E-state index contributed by atoms with van der Waals surface area (Å²) in [6, 6.07) is 10.1. The van der Waals surface area contributed by atoms with E-state index in [0.29, 0.717) is 6.54 Å². The normalized spacial score (nSPS) is 11.9. The van der Waals surface area contributed by atoms with Crippen molar-refractivity contribution in [2.75, 3.05) is 7.11 Å². The molecule has 1 unspecified atom stereocenters. The van der Waals surface area contributed by atoms with Gasteiger partial charge in [0.2, 0.25) is 0 Å². The highest BCUT2D eigenvalue weighted by molar-refractivity contribution is 7.13. The summed E-state index contributed by atoms with van der Waals surface area (Å²) in [6.07, 6.45) is 0. The van der Waals surface area contributed by atoms with Crippen molar-refractivity contribution in [3.63, 3.8) is 0 Å². The molecule has 0 spiro atoms. The van der Waals surface area contributed by atoms with Gasteiger partial charge in [0.05, 0.1) is 12.0 Å². The van der Waals surface area contributed by atoms with E-state index in [1.54, 1.807) is 5.38 Å². The number of hydrogen-bond donors (Lipinski definition) is 1. The maximum Gasteiger partial charge on any atom is 0.327 e. The molecule has 1 aromatic carbocycles. The maximum atomic E-state index is 11.9. The number of rotatable bonds is 6. The Kier molecular flexibility index (Phi) is 5.02. The summed E-state index contributed by atoms with van der Waals surface area (Å²) in [4.78, 5) is 22.1. The molecule has 0 fully saturated rings. The van der Waals surface area contributed by atoms with Gasteiger partial charge < -0.3 is 4.74 Å². The molecular formula is C14H14N2O4S. The summed E-state index contributed by atoms with van der Waals surface area (Å²) in [5, 5.41) is 15.5. The van der Waals surface area contributed by atoms with Gasteiger partial charge in [0, 0.05) is 18.0 Å². The lowest BCUT2D eigenvalue weighted by atomic mass is 10.1. The number of esters is 1. The molecule has 0 saturated heterocycles. The van der Waals surface area contributed by atoms with E-state index in [1.807, 2.05) is 30.3 Å². The number of nitrogens with one attached hydrogen (secondary N) is 1. The van der Waals surface area contributed by atoms with E-state index in [4.69, 9.17) is 4.74 Å². The fourth-order valence-electron chi connectivity index (χ4n) is 1.87. The lowest BCUT2D eigenvalue weighted by Gasteiger charge is -2.16. The van der Waals surface area contributed by atoms with Crippen molar-refractivity contribution in [3.8, 4) is 0 Å². The van der Waals surface area contributed by atoms with Crippen molar-refractivity contribution < 1.29 is 14.5 Å². The Balaban J connectivity index is 2.09. The zero-order chi connectivity index (χ0) is 15.2. The van der Waals surface area contributed by atoms with E-state index in [9.17, 15) is 14.9 Å². The molecule has 21 heavy (non-hydrogen) atoms. The molecule has 2 rings (SSSR count). The van der Waals surface area contributed by atoms with Crippen LogP contribution in [0.3, 0.4) is 0 Å². The molecule has 0 saturated carbocycles. The lowest BCUT2D eigenvalue weighted by Crippen LogP contribution is -2.29. The second kappa shape index (κ2) is 6.96. The number of thiophene rings is 1. The minimum atomic E-state index is -0.602. The van der Waals surface area contributed by atoms with E-state index in [-0.39, 0.29) is 5.00 Å². The van der Waals surface area contributed by atoms with Crippen LogP contribution in [-0.2, 0) is 16.1 Å². The van der Waals surface area contributed by atoms with Crippen LogP contribution in [0.2, 0.25) is 0 Å². The third-order valence-electron chi connectivity index (χ3n) is 2.90. The van der Waals surface area contributed by atoms with E-state index >= 15 is 0 Å². The average Bonchev–Trinajstić information content (AvgIpc) is 2.97. The molecule has 0 aliphatic rings. The minimum absolute atomic E-state index is 0.0844. The first-order valence-electron chi connectivity index (χ1n) is 6.19. The lowest BCUT2D eigenvalue weighted by molar-refractivity contribution is -0.380. The second-order valence-electron chi connectivity index (χ2n) is 4.30. The van der Waals surface area contributed by atoms with Crippen molar-refractivity contribution in [1.82, 2.24) is 5.32 Å². The third kappa shape index (κ3) is 3.87. The number of benzene rings is 1. The van der Waals surface area contributed by atoms with Gasteiger partial charge in [0.15, 0.2) is 0 Å². The highest BCUT2D eigenvalue weighted by atomic mass is 32.1. The highest BCUT2D eigenvalue weighted by Crippen LogP contribution is 2.23. The van der Waals surface area contributed by atoms with Gasteiger partial charge in [-0.3, -0.25) is 15.4 Å². The standard InChI is InChI=1S/C14H14N2O4S/c1-20-14(17)13(11-5-3-2-4-6-11)15-8-10-7-12(16(18)19)21-9-10/h2-7,9,13,15H,8H2,1H3. The van der Waals surface area contributed by atoms with Crippen LogP contribution in [0.25, 0.3) is 0 Å². The predicted molar refractivity (Wildman–Crippen MR) is 79.0 cm³/mol. The minimum Gasteiger partial charge on any atom is -0.468 e. The van der Waals surface area contributed by atoms with Gasteiger partial charge in [-0.15, -0.1) is 0 Å². The predicted octanol–water partition coefficient (Wildman–Crippen LogP) is 2.66. The third-order valence-corrected chi connectivity index (χ3v) is 3.83. The SMILES string of the molecule is COC(=O)C(NCc1csc([N+](=O)[O-])c1)c1ccccc1. The van der Waals surface area contributed by atoms with Gasteiger partial charge in [0.25, 0.3) is 0 Å². The Morgan fingerprint density at radius 3 is 2.71 bits per heavy atom. The topological polar surface area (TPSA) is 81.5 Å². The van der Waals surface area contributed by atoms with Crippen LogP contribution in [0.15, 0.2) is 41.8 Å². The molecule has 2 aromatic rings.